The number of hydrogen-bond acceptors (Lipinski definition) is 3. The van der Waals surface area contributed by atoms with Crippen molar-refractivity contribution in [2.75, 3.05) is 17.2 Å². The summed E-state index contributed by atoms with van der Waals surface area (Å²) >= 11 is 6.78. The molecule has 1 amide bonds. The van der Waals surface area contributed by atoms with Crippen molar-refractivity contribution in [3.8, 4) is 0 Å². The predicted molar refractivity (Wildman–Crippen MR) is 88.2 cm³/mol. The summed E-state index contributed by atoms with van der Waals surface area (Å²) in [6.45, 7) is 2.79. The molecule has 1 aromatic carbocycles. The number of pyridine rings is 1. The number of hydrogen-bond donors (Lipinski definition) is 2. The number of rotatable bonds is 4. The summed E-state index contributed by atoms with van der Waals surface area (Å²) in [5, 5.41) is 5.93. The number of amides is 1. The summed E-state index contributed by atoms with van der Waals surface area (Å²) < 4.78 is 1.72. The molecule has 0 bridgehead atoms. The Morgan fingerprint density at radius 3 is 2.70 bits per heavy atom. The van der Waals surface area contributed by atoms with E-state index in [9.17, 15) is 4.79 Å². The van der Waals surface area contributed by atoms with Gasteiger partial charge in [0, 0.05) is 21.7 Å². The van der Waals surface area contributed by atoms with Crippen LogP contribution in [0.4, 0.5) is 11.5 Å². The van der Waals surface area contributed by atoms with Gasteiger partial charge in [0.25, 0.3) is 5.91 Å². The Hall–Kier alpha value is -1.40. The summed E-state index contributed by atoms with van der Waals surface area (Å²) in [5.41, 5.74) is 1.22. The minimum absolute atomic E-state index is 0.195. The van der Waals surface area contributed by atoms with Crippen LogP contribution in [-0.4, -0.2) is 17.4 Å². The lowest BCUT2D eigenvalue weighted by Crippen LogP contribution is -2.13. The van der Waals surface area contributed by atoms with E-state index in [-0.39, 0.29) is 5.91 Å². The Morgan fingerprint density at radius 1 is 1.25 bits per heavy atom. The first kappa shape index (κ1) is 15.0. The lowest BCUT2D eigenvalue weighted by Gasteiger charge is -2.08. The zero-order chi connectivity index (χ0) is 14.5. The fraction of sp³-hybridized carbons (Fsp3) is 0.143. The van der Waals surface area contributed by atoms with E-state index in [1.54, 1.807) is 18.3 Å². The van der Waals surface area contributed by atoms with Gasteiger partial charge in [0.1, 0.15) is 5.82 Å². The molecule has 2 aromatic rings. The van der Waals surface area contributed by atoms with Gasteiger partial charge < -0.3 is 10.6 Å². The highest BCUT2D eigenvalue weighted by Gasteiger charge is 2.09. The lowest BCUT2D eigenvalue weighted by molar-refractivity contribution is 0.102. The molecular formula is C14H13Br2N3O. The second-order valence-electron chi connectivity index (χ2n) is 4.04. The van der Waals surface area contributed by atoms with E-state index in [1.807, 2.05) is 25.1 Å². The average molecular weight is 399 g/mol. The van der Waals surface area contributed by atoms with Crippen LogP contribution in [0.3, 0.4) is 0 Å². The SMILES string of the molecule is CCNc1ccc(C(=O)Nc2cc(Br)ccc2Br)cn1. The van der Waals surface area contributed by atoms with Crippen molar-refractivity contribution in [2.45, 2.75) is 6.92 Å². The zero-order valence-electron chi connectivity index (χ0n) is 10.8. The molecule has 1 heterocycles. The molecule has 0 saturated heterocycles. The minimum atomic E-state index is -0.195. The summed E-state index contributed by atoms with van der Waals surface area (Å²) in [6, 6.07) is 9.13. The van der Waals surface area contributed by atoms with Crippen LogP contribution in [0.25, 0.3) is 0 Å². The van der Waals surface area contributed by atoms with Crippen LogP contribution >= 0.6 is 31.9 Å². The first-order chi connectivity index (χ1) is 9.60. The number of benzene rings is 1. The predicted octanol–water partition coefficient (Wildman–Crippen LogP) is 4.29. The number of aromatic nitrogens is 1. The van der Waals surface area contributed by atoms with Crippen molar-refractivity contribution in [1.29, 1.82) is 0 Å². The van der Waals surface area contributed by atoms with Gasteiger partial charge in [-0.15, -0.1) is 0 Å². The molecule has 0 aliphatic carbocycles. The molecule has 0 unspecified atom stereocenters. The number of nitrogens with one attached hydrogen (secondary N) is 2. The monoisotopic (exact) mass is 397 g/mol. The highest BCUT2D eigenvalue weighted by Crippen LogP contribution is 2.26. The van der Waals surface area contributed by atoms with Crippen LogP contribution < -0.4 is 10.6 Å². The van der Waals surface area contributed by atoms with Crippen molar-refractivity contribution >= 4 is 49.3 Å². The minimum Gasteiger partial charge on any atom is -0.370 e. The Morgan fingerprint density at radius 2 is 2.05 bits per heavy atom. The molecule has 0 spiro atoms. The van der Waals surface area contributed by atoms with Crippen molar-refractivity contribution in [1.82, 2.24) is 4.98 Å². The summed E-state index contributed by atoms with van der Waals surface area (Å²) in [4.78, 5) is 16.3. The number of anilines is 2. The molecule has 0 aliphatic rings. The summed E-state index contributed by atoms with van der Waals surface area (Å²) in [6.07, 6.45) is 1.55. The lowest BCUT2D eigenvalue weighted by atomic mass is 10.2. The van der Waals surface area contributed by atoms with E-state index >= 15 is 0 Å². The fourth-order valence-electron chi connectivity index (χ4n) is 1.60. The van der Waals surface area contributed by atoms with Crippen molar-refractivity contribution in [2.24, 2.45) is 0 Å². The topological polar surface area (TPSA) is 54.0 Å². The van der Waals surface area contributed by atoms with Gasteiger partial charge in [0.05, 0.1) is 11.3 Å². The Labute approximate surface area is 134 Å². The Kier molecular flexibility index (Phi) is 5.14. The van der Waals surface area contributed by atoms with Gasteiger partial charge in [0.15, 0.2) is 0 Å². The second-order valence-corrected chi connectivity index (χ2v) is 5.81. The maximum atomic E-state index is 12.1. The third-order valence-electron chi connectivity index (χ3n) is 2.56. The molecule has 20 heavy (non-hydrogen) atoms. The van der Waals surface area contributed by atoms with Gasteiger partial charge in [-0.3, -0.25) is 4.79 Å². The van der Waals surface area contributed by atoms with E-state index in [1.165, 1.54) is 0 Å². The molecule has 0 fully saturated rings. The van der Waals surface area contributed by atoms with Gasteiger partial charge in [-0.05, 0) is 53.2 Å². The Balaban J connectivity index is 2.13. The third-order valence-corrected chi connectivity index (χ3v) is 3.74. The van der Waals surface area contributed by atoms with Gasteiger partial charge in [-0.1, -0.05) is 15.9 Å². The molecule has 0 radical (unpaired) electrons. The van der Waals surface area contributed by atoms with E-state index < -0.39 is 0 Å². The highest BCUT2D eigenvalue weighted by atomic mass is 79.9. The number of halogens is 2. The largest absolute Gasteiger partial charge is 0.370 e. The molecule has 2 rings (SSSR count). The molecule has 4 nitrogen and oxygen atoms in total. The average Bonchev–Trinajstić information content (AvgIpc) is 2.44. The van der Waals surface area contributed by atoms with Crippen LogP contribution in [0, 0.1) is 0 Å². The third kappa shape index (κ3) is 3.80. The number of carbonyl (C=O) groups excluding carboxylic acids is 1. The summed E-state index contributed by atoms with van der Waals surface area (Å²) in [7, 11) is 0. The zero-order valence-corrected chi connectivity index (χ0v) is 14.0. The maximum Gasteiger partial charge on any atom is 0.257 e. The van der Waals surface area contributed by atoms with Crippen molar-refractivity contribution < 1.29 is 4.79 Å². The summed E-state index contributed by atoms with van der Waals surface area (Å²) in [5.74, 6) is 0.562. The second kappa shape index (κ2) is 6.85. The van der Waals surface area contributed by atoms with E-state index in [4.69, 9.17) is 0 Å². The molecule has 2 N–H and O–H groups in total. The molecule has 104 valence electrons. The van der Waals surface area contributed by atoms with Crippen LogP contribution in [-0.2, 0) is 0 Å². The van der Waals surface area contributed by atoms with E-state index in [2.05, 4.69) is 47.5 Å². The number of carbonyl (C=O) groups is 1. The molecular weight excluding hydrogens is 386 g/mol. The Bertz CT molecular complexity index is 614. The van der Waals surface area contributed by atoms with Crippen LogP contribution in [0.1, 0.15) is 17.3 Å². The molecule has 1 aromatic heterocycles. The highest BCUT2D eigenvalue weighted by molar-refractivity contribution is 9.11. The van der Waals surface area contributed by atoms with Crippen LogP contribution in [0.15, 0.2) is 45.5 Å². The molecule has 0 saturated carbocycles. The maximum absolute atomic E-state index is 12.1. The smallest absolute Gasteiger partial charge is 0.257 e. The molecule has 0 aliphatic heterocycles. The quantitative estimate of drug-likeness (QED) is 0.807. The molecule has 6 heteroatoms. The standard InChI is InChI=1S/C14H13Br2N3O/c1-2-17-13-6-3-9(8-18-13)14(20)19-12-7-10(15)4-5-11(12)16/h3-8H,2H2,1H3,(H,17,18)(H,19,20). The van der Waals surface area contributed by atoms with Crippen molar-refractivity contribution in [3.05, 3.63) is 51.0 Å². The van der Waals surface area contributed by atoms with E-state index in [0.29, 0.717) is 11.3 Å². The first-order valence-electron chi connectivity index (χ1n) is 6.06. The molecule has 0 atom stereocenters. The fourth-order valence-corrected chi connectivity index (χ4v) is 2.31. The first-order valence-corrected chi connectivity index (χ1v) is 7.65. The van der Waals surface area contributed by atoms with Crippen LogP contribution in [0.5, 0.6) is 0 Å². The number of nitrogens with zero attached hydrogens (tertiary/aromatic N) is 1. The van der Waals surface area contributed by atoms with Gasteiger partial charge in [-0.2, -0.15) is 0 Å². The van der Waals surface area contributed by atoms with Crippen molar-refractivity contribution in [3.63, 3.8) is 0 Å². The van der Waals surface area contributed by atoms with Gasteiger partial charge >= 0.3 is 0 Å². The van der Waals surface area contributed by atoms with E-state index in [0.717, 1.165) is 21.3 Å². The normalized spacial score (nSPS) is 10.2. The van der Waals surface area contributed by atoms with Gasteiger partial charge in [0.2, 0.25) is 0 Å². The van der Waals surface area contributed by atoms with Crippen LogP contribution in [0.2, 0.25) is 0 Å². The van der Waals surface area contributed by atoms with Gasteiger partial charge in [-0.25, -0.2) is 4.98 Å².